The van der Waals surface area contributed by atoms with E-state index >= 15 is 0 Å². The van der Waals surface area contributed by atoms with Crippen LogP contribution in [-0.4, -0.2) is 60.4 Å². The second kappa shape index (κ2) is 13.2. The molecule has 2 amide bonds. The van der Waals surface area contributed by atoms with Gasteiger partial charge in [-0.2, -0.15) is 31.3 Å². The van der Waals surface area contributed by atoms with Gasteiger partial charge in [-0.05, 0) is 35.9 Å². The Bertz CT molecular complexity index is 1330. The lowest BCUT2D eigenvalue weighted by atomic mass is 10.1. The first kappa shape index (κ1) is 31.7. The molecule has 0 aliphatic carbocycles. The van der Waals surface area contributed by atoms with Crippen molar-refractivity contribution in [2.75, 3.05) is 38.3 Å². The number of aromatic nitrogens is 2. The Balaban J connectivity index is 2.14. The summed E-state index contributed by atoms with van der Waals surface area (Å²) >= 11 is 5.93. The number of hydrogen-bond donors (Lipinski definition) is 2. The number of carbonyl (C=O) groups is 2. The van der Waals surface area contributed by atoms with Gasteiger partial charge in [-0.15, -0.1) is 0 Å². The van der Waals surface area contributed by atoms with Crippen molar-refractivity contribution in [3.8, 4) is 11.8 Å². The molecule has 1 aromatic heterocycles. The van der Waals surface area contributed by atoms with Gasteiger partial charge in [0.1, 0.15) is 5.75 Å². The average molecular weight is 609 g/mol. The third-order valence-electron chi connectivity index (χ3n) is 5.41. The number of halogens is 7. The summed E-state index contributed by atoms with van der Waals surface area (Å²) in [6.07, 6.45) is -9.97. The summed E-state index contributed by atoms with van der Waals surface area (Å²) in [7, 11) is 1.24. The van der Waals surface area contributed by atoms with Crippen LogP contribution in [0.4, 0.5) is 32.2 Å². The van der Waals surface area contributed by atoms with Gasteiger partial charge in [-0.1, -0.05) is 23.7 Å². The lowest BCUT2D eigenvalue weighted by molar-refractivity contribution is -0.143. The van der Waals surface area contributed by atoms with E-state index in [-0.39, 0.29) is 50.5 Å². The zero-order valence-electron chi connectivity index (χ0n) is 21.2. The highest BCUT2D eigenvalue weighted by atomic mass is 35.5. The minimum Gasteiger partial charge on any atom is -0.425 e. The van der Waals surface area contributed by atoms with Crippen LogP contribution in [0.5, 0.6) is 11.8 Å². The fourth-order valence-corrected chi connectivity index (χ4v) is 3.64. The lowest BCUT2D eigenvalue weighted by Gasteiger charge is -2.16. The van der Waals surface area contributed by atoms with Crippen molar-refractivity contribution in [1.29, 1.82) is 0 Å². The lowest BCUT2D eigenvalue weighted by Crippen LogP contribution is -2.31. The van der Waals surface area contributed by atoms with Gasteiger partial charge in [0, 0.05) is 18.6 Å². The molecule has 0 fully saturated rings. The third kappa shape index (κ3) is 8.34. The number of anilines is 1. The number of nitrogens with zero attached hydrogens (tertiary/aromatic N) is 3. The number of ether oxygens (including phenoxy) is 2. The summed E-state index contributed by atoms with van der Waals surface area (Å²) in [6, 6.07) is 6.25. The van der Waals surface area contributed by atoms with Gasteiger partial charge in [-0.25, -0.2) is 0 Å². The van der Waals surface area contributed by atoms with E-state index in [1.807, 2.05) is 0 Å². The zero-order chi connectivity index (χ0) is 30.4. The van der Waals surface area contributed by atoms with Crippen molar-refractivity contribution in [1.82, 2.24) is 14.9 Å². The summed E-state index contributed by atoms with van der Waals surface area (Å²) in [5.74, 6) is -1.96. The number of benzene rings is 2. The van der Waals surface area contributed by atoms with Crippen LogP contribution in [0.1, 0.15) is 27.2 Å². The quantitative estimate of drug-likeness (QED) is 0.175. The molecule has 0 radical (unpaired) electrons. The van der Waals surface area contributed by atoms with E-state index in [1.165, 1.54) is 19.2 Å². The fraction of sp³-hybridized carbons (Fsp3) is 0.320. The predicted octanol–water partition coefficient (Wildman–Crippen LogP) is 4.75. The molecule has 41 heavy (non-hydrogen) atoms. The van der Waals surface area contributed by atoms with Gasteiger partial charge in [0.05, 0.1) is 37.5 Å². The van der Waals surface area contributed by atoms with Crippen LogP contribution < -0.4 is 15.0 Å². The van der Waals surface area contributed by atoms with Gasteiger partial charge in [0.2, 0.25) is 6.41 Å². The van der Waals surface area contributed by atoms with Crippen LogP contribution in [-0.2, 0) is 28.4 Å². The molecule has 1 heterocycles. The number of imidazole rings is 1. The highest BCUT2D eigenvalue weighted by molar-refractivity contribution is 6.30. The van der Waals surface area contributed by atoms with E-state index in [9.17, 15) is 35.9 Å². The minimum absolute atomic E-state index is 0.00425. The second-order valence-electron chi connectivity index (χ2n) is 8.43. The highest BCUT2D eigenvalue weighted by Gasteiger charge is 2.37. The van der Waals surface area contributed by atoms with Gasteiger partial charge in [-0.3, -0.25) is 14.2 Å². The third-order valence-corrected chi connectivity index (χ3v) is 5.67. The van der Waals surface area contributed by atoms with E-state index in [0.717, 1.165) is 9.47 Å². The number of carbonyl (C=O) groups excluding carboxylic acids is 2. The van der Waals surface area contributed by atoms with Crippen molar-refractivity contribution in [3.63, 3.8) is 0 Å². The van der Waals surface area contributed by atoms with Gasteiger partial charge >= 0.3 is 18.4 Å². The molecule has 0 bridgehead atoms. The van der Waals surface area contributed by atoms with E-state index in [4.69, 9.17) is 26.2 Å². The topological polar surface area (TPSA) is 106 Å². The summed E-state index contributed by atoms with van der Waals surface area (Å²) in [5.41, 5.74) is -3.03. The Kier molecular flexibility index (Phi) is 10.2. The molecule has 0 saturated heterocycles. The van der Waals surface area contributed by atoms with Crippen LogP contribution in [0.2, 0.25) is 5.02 Å². The molecule has 0 aliphatic rings. The van der Waals surface area contributed by atoms with Crippen LogP contribution in [0, 0.1) is 0 Å². The van der Waals surface area contributed by atoms with Crippen molar-refractivity contribution in [2.45, 2.75) is 18.9 Å². The highest BCUT2D eigenvalue weighted by Crippen LogP contribution is 2.39. The molecule has 16 heteroatoms. The molecule has 0 unspecified atom stereocenters. The van der Waals surface area contributed by atoms with Crippen molar-refractivity contribution in [2.24, 2.45) is 0 Å². The first-order valence-corrected chi connectivity index (χ1v) is 12.1. The van der Waals surface area contributed by atoms with Crippen molar-refractivity contribution in [3.05, 3.63) is 69.9 Å². The van der Waals surface area contributed by atoms with E-state index in [0.29, 0.717) is 29.1 Å². The normalized spacial score (nSPS) is 11.8. The number of nitrogens with one attached hydrogen (secondary N) is 1. The van der Waals surface area contributed by atoms with Gasteiger partial charge in [0.15, 0.2) is 11.5 Å². The number of rotatable bonds is 12. The Morgan fingerprint density at radius 1 is 1.07 bits per heavy atom. The van der Waals surface area contributed by atoms with Gasteiger partial charge < -0.3 is 24.8 Å². The Hall–Kier alpha value is -3.82. The smallest absolute Gasteiger partial charge is 0.416 e. The summed E-state index contributed by atoms with van der Waals surface area (Å²) in [5, 5.41) is 11.7. The minimum atomic E-state index is -5.13. The number of alkyl halides is 6. The zero-order valence-corrected chi connectivity index (χ0v) is 22.0. The standard InChI is InChI=1S/C25H23ClF6N4O5/c1-35(14-38)21-20(22(39)33-6-8-40-9-7-37)36(13-15-2-4-18(26)5-3-15)23(34-21)41-19-11-16(24(27,28)29)10-17(12-19)25(30,31)32/h2-5,10-12,14,37H,6-9,13H2,1H3,(H,33,39). The summed E-state index contributed by atoms with van der Waals surface area (Å²) in [4.78, 5) is 29.8. The monoisotopic (exact) mass is 608 g/mol. The average Bonchev–Trinajstić information content (AvgIpc) is 3.25. The maximum absolute atomic E-state index is 13.4. The first-order chi connectivity index (χ1) is 19.2. The molecule has 3 aromatic rings. The molecule has 2 N–H and O–H groups in total. The predicted molar refractivity (Wildman–Crippen MR) is 134 cm³/mol. The molecule has 222 valence electrons. The maximum atomic E-state index is 13.4. The first-order valence-electron chi connectivity index (χ1n) is 11.7. The number of amides is 2. The number of aliphatic hydroxyl groups excluding tert-OH is 1. The van der Waals surface area contributed by atoms with Crippen molar-refractivity contribution >= 4 is 29.7 Å². The molecule has 0 saturated carbocycles. The summed E-state index contributed by atoms with van der Waals surface area (Å²) in [6.45, 7) is -0.486. The van der Waals surface area contributed by atoms with Crippen LogP contribution in [0.25, 0.3) is 0 Å². The van der Waals surface area contributed by atoms with Gasteiger partial charge in [0.25, 0.3) is 5.91 Å². The Morgan fingerprint density at radius 2 is 1.68 bits per heavy atom. The van der Waals surface area contributed by atoms with Crippen LogP contribution in [0.15, 0.2) is 42.5 Å². The number of aliphatic hydroxyl groups is 1. The van der Waals surface area contributed by atoms with Crippen LogP contribution in [0.3, 0.4) is 0 Å². The number of hydrogen-bond acceptors (Lipinski definition) is 6. The molecule has 2 aromatic carbocycles. The molecule has 0 atom stereocenters. The maximum Gasteiger partial charge on any atom is 0.416 e. The molecule has 0 aliphatic heterocycles. The fourth-order valence-electron chi connectivity index (χ4n) is 3.51. The Labute approximate surface area is 234 Å². The largest absolute Gasteiger partial charge is 0.425 e. The Morgan fingerprint density at radius 3 is 2.22 bits per heavy atom. The molecule has 0 spiro atoms. The van der Waals surface area contributed by atoms with E-state index < -0.39 is 41.1 Å². The van der Waals surface area contributed by atoms with E-state index in [2.05, 4.69) is 10.3 Å². The molecule has 9 nitrogen and oxygen atoms in total. The molecular formula is C25H23ClF6N4O5. The second-order valence-corrected chi connectivity index (χ2v) is 8.87. The SMILES string of the molecule is CN(C=O)c1nc(Oc2cc(C(F)(F)F)cc(C(F)(F)F)c2)n(Cc2ccc(Cl)cc2)c1C(=O)NCCOCCO. The molecule has 3 rings (SSSR count). The molecular weight excluding hydrogens is 586 g/mol. The van der Waals surface area contributed by atoms with Crippen molar-refractivity contribution < 1.29 is 50.5 Å². The van der Waals surface area contributed by atoms with E-state index in [1.54, 1.807) is 12.1 Å². The summed E-state index contributed by atoms with van der Waals surface area (Å²) < 4.78 is 92.1. The van der Waals surface area contributed by atoms with Crippen LogP contribution >= 0.6 is 11.6 Å².